The van der Waals surface area contributed by atoms with Gasteiger partial charge in [-0.2, -0.15) is 34.9 Å². The van der Waals surface area contributed by atoms with Crippen molar-refractivity contribution in [3.8, 4) is 0 Å². The first-order valence-corrected chi connectivity index (χ1v) is 14.8. The SMILES string of the molecule is C[CH-]CCOS(=O)(=O)C(F)(F)F.C[Si](C)(C)[N-][Si](C)(C)C.[K+]. The minimum absolute atomic E-state index is 0. The van der Waals surface area contributed by atoms with Crippen LogP contribution in [0, 0.1) is 6.42 Å². The second-order valence-electron chi connectivity index (χ2n) is 6.37. The topological polar surface area (TPSA) is 57.5 Å². The number of unbranched alkanes of at least 4 members (excludes halogenated alkanes) is 1. The maximum absolute atomic E-state index is 11.5. The Bertz CT molecular complexity index is 381. The molecule has 130 valence electrons. The first kappa shape index (κ1) is 28.5. The van der Waals surface area contributed by atoms with Crippen molar-refractivity contribution in [2.24, 2.45) is 0 Å². The molecule has 0 heterocycles. The van der Waals surface area contributed by atoms with E-state index in [4.69, 9.17) is 4.65 Å². The first-order chi connectivity index (χ1) is 9.02. The summed E-state index contributed by atoms with van der Waals surface area (Å²) in [5.41, 5.74) is -5.32. The Labute approximate surface area is 177 Å². The van der Waals surface area contributed by atoms with Crippen molar-refractivity contribution in [2.75, 3.05) is 6.61 Å². The third kappa shape index (κ3) is 18.1. The average molecular weight is 405 g/mol. The number of hydrogen-bond donors (Lipinski definition) is 0. The van der Waals surface area contributed by atoms with Crippen LogP contribution >= 0.6 is 0 Å². The summed E-state index contributed by atoms with van der Waals surface area (Å²) in [5.74, 6) is 0. The van der Waals surface area contributed by atoms with E-state index in [1.165, 1.54) is 6.42 Å². The Morgan fingerprint density at radius 2 is 1.41 bits per heavy atom. The van der Waals surface area contributed by atoms with Gasteiger partial charge in [0.2, 0.25) is 0 Å². The Hall–Kier alpha value is 1.73. The second kappa shape index (κ2) is 11.4. The van der Waals surface area contributed by atoms with Crippen LogP contribution in [-0.4, -0.2) is 37.0 Å². The maximum atomic E-state index is 11.5. The van der Waals surface area contributed by atoms with Gasteiger partial charge < -0.3 is 11.1 Å². The molecule has 0 unspecified atom stereocenters. The van der Waals surface area contributed by atoms with Crippen molar-refractivity contribution in [3.63, 3.8) is 0 Å². The zero-order valence-electron chi connectivity index (χ0n) is 14.7. The van der Waals surface area contributed by atoms with Crippen LogP contribution in [0.2, 0.25) is 39.3 Å². The van der Waals surface area contributed by atoms with Crippen LogP contribution in [0.5, 0.6) is 0 Å². The predicted octanol–water partition coefficient (Wildman–Crippen LogP) is 1.50. The molecule has 4 nitrogen and oxygen atoms in total. The fourth-order valence-corrected chi connectivity index (χ4v) is 9.85. The molecular weight excluding hydrogens is 378 g/mol. The summed E-state index contributed by atoms with van der Waals surface area (Å²) in [6.07, 6.45) is 1.67. The van der Waals surface area contributed by atoms with Crippen molar-refractivity contribution in [3.05, 3.63) is 11.1 Å². The molecule has 22 heavy (non-hydrogen) atoms. The summed E-state index contributed by atoms with van der Waals surface area (Å²) in [7, 11) is -7.60. The molecule has 0 radical (unpaired) electrons. The van der Waals surface area contributed by atoms with Gasteiger partial charge in [-0.25, -0.2) is 0 Å². The minimum atomic E-state index is -5.39. The molecule has 0 bridgehead atoms. The molecule has 0 spiro atoms. The van der Waals surface area contributed by atoms with E-state index in [0.717, 1.165) is 0 Å². The molecule has 0 aliphatic carbocycles. The molecule has 0 amide bonds. The zero-order valence-corrected chi connectivity index (χ0v) is 20.6. The molecule has 0 aromatic rings. The Kier molecular flexibility index (Phi) is 14.7. The first-order valence-electron chi connectivity index (χ1n) is 6.49. The van der Waals surface area contributed by atoms with Gasteiger partial charge in [-0.05, 0) is 0 Å². The molecule has 0 saturated carbocycles. The van der Waals surface area contributed by atoms with Gasteiger partial charge in [0.25, 0.3) is 0 Å². The van der Waals surface area contributed by atoms with Gasteiger partial charge in [0.1, 0.15) is 0 Å². The monoisotopic (exact) mass is 404 g/mol. The summed E-state index contributed by atoms with van der Waals surface area (Å²) in [6.45, 7) is 14.9. The zero-order chi connectivity index (χ0) is 17.5. The molecular formula is C11H26F3KNO3SSi2-. The molecule has 0 N–H and O–H groups in total. The fourth-order valence-electron chi connectivity index (χ4n) is 1.35. The number of hydrogen-bond acceptors (Lipinski definition) is 3. The van der Waals surface area contributed by atoms with E-state index in [1.54, 1.807) is 6.92 Å². The third-order valence-corrected chi connectivity index (χ3v) is 8.01. The predicted molar refractivity (Wildman–Crippen MR) is 85.6 cm³/mol. The van der Waals surface area contributed by atoms with E-state index in [2.05, 4.69) is 43.5 Å². The maximum Gasteiger partial charge on any atom is 1.00 e. The van der Waals surface area contributed by atoms with Crippen LogP contribution in [0.1, 0.15) is 13.3 Å². The molecule has 11 heteroatoms. The van der Waals surface area contributed by atoms with E-state index < -0.39 is 38.7 Å². The van der Waals surface area contributed by atoms with Gasteiger partial charge in [-0.15, -0.1) is 0 Å². The van der Waals surface area contributed by atoms with Crippen molar-refractivity contribution in [2.45, 2.75) is 58.1 Å². The normalized spacial score (nSPS) is 13.0. The molecule has 0 aromatic heterocycles. The molecule has 0 aliphatic rings. The molecule has 0 aromatic carbocycles. The standard InChI is InChI=1S/C6H18NSi2.C5H8F3O3S.K/c1-8(2,3)7-9(4,5)6;1-2-3-4-11-12(9,10)5(6,7)8;/h1-6H3;2H,3-4H2,1H3;/q2*-1;+1. The summed E-state index contributed by atoms with van der Waals surface area (Å²) in [5, 5.41) is 0. The van der Waals surface area contributed by atoms with E-state index in [-0.39, 0.29) is 57.8 Å². The molecule has 0 atom stereocenters. The largest absolute Gasteiger partial charge is 1.00 e. The molecule has 0 saturated heterocycles. The van der Waals surface area contributed by atoms with Crippen LogP contribution < -0.4 is 51.4 Å². The van der Waals surface area contributed by atoms with Crippen LogP contribution in [0.15, 0.2) is 0 Å². The van der Waals surface area contributed by atoms with Gasteiger partial charge >= 0.3 is 67.0 Å². The van der Waals surface area contributed by atoms with E-state index >= 15 is 0 Å². The van der Waals surface area contributed by atoms with Crippen molar-refractivity contribution in [1.82, 2.24) is 0 Å². The average Bonchev–Trinajstić information content (AvgIpc) is 2.10. The molecule has 0 rings (SSSR count). The van der Waals surface area contributed by atoms with Crippen LogP contribution in [0.4, 0.5) is 13.2 Å². The number of halogens is 3. The smallest absolute Gasteiger partial charge is 0.668 e. The van der Waals surface area contributed by atoms with Crippen molar-refractivity contribution >= 4 is 26.6 Å². The summed E-state index contributed by atoms with van der Waals surface area (Å²) in [4.78, 5) is 0. The second-order valence-corrected chi connectivity index (χ2v) is 17.6. The van der Waals surface area contributed by atoms with Crippen LogP contribution in [0.25, 0.3) is 4.65 Å². The quantitative estimate of drug-likeness (QED) is 0.222. The number of nitrogens with zero attached hydrogens (tertiary/aromatic N) is 1. The third-order valence-electron chi connectivity index (χ3n) is 1.60. The Balaban J connectivity index is -0.000000326. The van der Waals surface area contributed by atoms with Crippen molar-refractivity contribution < 1.29 is 77.2 Å². The minimum Gasteiger partial charge on any atom is -0.668 e. The van der Waals surface area contributed by atoms with Crippen LogP contribution in [-0.2, 0) is 14.3 Å². The van der Waals surface area contributed by atoms with Gasteiger partial charge in [0, 0.05) is 6.61 Å². The van der Waals surface area contributed by atoms with Gasteiger partial charge in [-0.1, -0.05) is 55.8 Å². The molecule has 0 aliphatic heterocycles. The van der Waals surface area contributed by atoms with Gasteiger partial charge in [0.15, 0.2) is 0 Å². The van der Waals surface area contributed by atoms with Crippen LogP contribution in [0.3, 0.4) is 0 Å². The summed E-state index contributed by atoms with van der Waals surface area (Å²) >= 11 is 0. The van der Waals surface area contributed by atoms with E-state index in [9.17, 15) is 21.6 Å². The Morgan fingerprint density at radius 1 is 1.05 bits per heavy atom. The van der Waals surface area contributed by atoms with Gasteiger partial charge in [0.05, 0.1) is 0 Å². The summed E-state index contributed by atoms with van der Waals surface area (Å²) < 4.78 is 63.4. The van der Waals surface area contributed by atoms with Gasteiger partial charge in [-0.3, -0.25) is 4.18 Å². The van der Waals surface area contributed by atoms with Crippen molar-refractivity contribution in [1.29, 1.82) is 0 Å². The van der Waals surface area contributed by atoms with E-state index in [0.29, 0.717) is 0 Å². The fraction of sp³-hybridized carbons (Fsp3) is 0.909. The summed E-state index contributed by atoms with van der Waals surface area (Å²) in [6, 6.07) is 0. The Morgan fingerprint density at radius 3 is 1.59 bits per heavy atom. The number of alkyl halides is 3. The van der Waals surface area contributed by atoms with E-state index in [1.807, 2.05) is 0 Å². The molecule has 0 fully saturated rings. The number of rotatable bonds is 6.